The van der Waals surface area contributed by atoms with Gasteiger partial charge in [0.05, 0.1) is 10.6 Å². The second-order valence-corrected chi connectivity index (χ2v) is 8.54. The first-order chi connectivity index (χ1) is 12.9. The van der Waals surface area contributed by atoms with Crippen LogP contribution in [0.1, 0.15) is 22.4 Å². The van der Waals surface area contributed by atoms with Crippen molar-refractivity contribution in [1.29, 1.82) is 0 Å². The Bertz CT molecular complexity index is 1140. The van der Waals surface area contributed by atoms with Crippen LogP contribution in [0.4, 0.5) is 5.69 Å². The summed E-state index contributed by atoms with van der Waals surface area (Å²) in [6.45, 7) is 6.19. The normalized spacial score (nSPS) is 16.1. The number of aromatic nitrogens is 1. The Morgan fingerprint density at radius 3 is 2.52 bits per heavy atom. The Balaban J connectivity index is 1.78. The number of fused-ring (bicyclic) bond motifs is 1. The molecule has 3 nitrogen and oxygen atoms in total. The lowest BCUT2D eigenvalue weighted by Gasteiger charge is -2.15. The van der Waals surface area contributed by atoms with Crippen LogP contribution in [0.3, 0.4) is 0 Å². The van der Waals surface area contributed by atoms with Crippen LogP contribution in [0.5, 0.6) is 0 Å². The van der Waals surface area contributed by atoms with Crippen molar-refractivity contribution in [2.75, 3.05) is 4.90 Å². The van der Waals surface area contributed by atoms with Gasteiger partial charge >= 0.3 is 0 Å². The molecular formula is C22H20N2OS2. The molecule has 5 heteroatoms. The Labute approximate surface area is 168 Å². The predicted molar refractivity (Wildman–Crippen MR) is 119 cm³/mol. The van der Waals surface area contributed by atoms with E-state index in [1.54, 1.807) is 4.90 Å². The molecule has 2 aromatic carbocycles. The number of para-hydroxylation sites is 1. The summed E-state index contributed by atoms with van der Waals surface area (Å²) in [5.41, 5.74) is 6.55. The first kappa shape index (κ1) is 18.0. The van der Waals surface area contributed by atoms with Crippen molar-refractivity contribution in [2.24, 2.45) is 7.05 Å². The number of carbonyl (C=O) groups excluding carboxylic acids is 1. The summed E-state index contributed by atoms with van der Waals surface area (Å²) in [6.07, 6.45) is 1.98. The maximum absolute atomic E-state index is 13.1. The van der Waals surface area contributed by atoms with Gasteiger partial charge in [-0.05, 0) is 56.2 Å². The van der Waals surface area contributed by atoms with Gasteiger partial charge in [-0.3, -0.25) is 9.69 Å². The van der Waals surface area contributed by atoms with Crippen LogP contribution in [-0.2, 0) is 11.8 Å². The molecule has 3 aromatic rings. The van der Waals surface area contributed by atoms with Crippen LogP contribution in [0.15, 0.2) is 47.4 Å². The summed E-state index contributed by atoms with van der Waals surface area (Å²) in [5, 5.41) is 1.15. The zero-order valence-electron chi connectivity index (χ0n) is 15.7. The van der Waals surface area contributed by atoms with Gasteiger partial charge in [0.2, 0.25) is 0 Å². The minimum atomic E-state index is -0.0550. The molecule has 0 N–H and O–H groups in total. The van der Waals surface area contributed by atoms with Crippen molar-refractivity contribution in [3.63, 3.8) is 0 Å². The molecule has 0 bridgehead atoms. The summed E-state index contributed by atoms with van der Waals surface area (Å²) in [4.78, 5) is 15.4. The summed E-state index contributed by atoms with van der Waals surface area (Å²) in [5.74, 6) is -0.0550. The maximum atomic E-state index is 13.1. The lowest BCUT2D eigenvalue weighted by molar-refractivity contribution is -0.113. The van der Waals surface area contributed by atoms with Gasteiger partial charge in [-0.1, -0.05) is 48.2 Å². The number of hydrogen-bond donors (Lipinski definition) is 0. The number of thioether (sulfide) groups is 1. The van der Waals surface area contributed by atoms with E-state index in [4.69, 9.17) is 12.2 Å². The van der Waals surface area contributed by atoms with Crippen molar-refractivity contribution >= 4 is 56.9 Å². The van der Waals surface area contributed by atoms with Crippen LogP contribution in [0.25, 0.3) is 17.0 Å². The Kier molecular flexibility index (Phi) is 4.44. The lowest BCUT2D eigenvalue weighted by Crippen LogP contribution is -2.27. The number of carbonyl (C=O) groups is 1. The first-order valence-corrected chi connectivity index (χ1v) is 10.00. The highest BCUT2D eigenvalue weighted by atomic mass is 32.2. The Morgan fingerprint density at radius 2 is 1.78 bits per heavy atom. The van der Waals surface area contributed by atoms with Crippen molar-refractivity contribution < 1.29 is 4.79 Å². The molecule has 1 aliphatic rings. The van der Waals surface area contributed by atoms with Crippen LogP contribution in [-0.4, -0.2) is 14.8 Å². The molecule has 2 heterocycles. The van der Waals surface area contributed by atoms with Crippen molar-refractivity contribution in [1.82, 2.24) is 4.57 Å². The number of amides is 1. The highest BCUT2D eigenvalue weighted by molar-refractivity contribution is 8.27. The molecule has 136 valence electrons. The minimum Gasteiger partial charge on any atom is -0.347 e. The molecule has 0 atom stereocenters. The average Bonchev–Trinajstić information content (AvgIpc) is 3.06. The fraction of sp³-hybridized carbons (Fsp3) is 0.182. The SMILES string of the molecule is Cc1ccc(N2C(=O)/C(=C/c3c(C)n(C)c4ccccc34)SC2=S)cc1C. The topological polar surface area (TPSA) is 25.2 Å². The zero-order chi connectivity index (χ0) is 19.3. The average molecular weight is 393 g/mol. The van der Waals surface area contributed by atoms with Crippen LogP contribution >= 0.6 is 24.0 Å². The third-order valence-electron chi connectivity index (χ3n) is 5.27. The minimum absolute atomic E-state index is 0.0550. The maximum Gasteiger partial charge on any atom is 0.270 e. The Hall–Kier alpha value is -2.37. The number of thiocarbonyl (C=S) groups is 1. The summed E-state index contributed by atoms with van der Waals surface area (Å²) < 4.78 is 2.73. The molecule has 0 spiro atoms. The van der Waals surface area contributed by atoms with Gasteiger partial charge in [0, 0.05) is 29.2 Å². The molecule has 0 unspecified atom stereocenters. The summed E-state index contributed by atoms with van der Waals surface area (Å²) in [7, 11) is 2.05. The molecule has 1 amide bonds. The van der Waals surface area contributed by atoms with Crippen molar-refractivity contribution in [3.05, 3.63) is 69.8 Å². The number of hydrogen-bond acceptors (Lipinski definition) is 3. The van der Waals surface area contributed by atoms with E-state index in [2.05, 4.69) is 37.6 Å². The summed E-state index contributed by atoms with van der Waals surface area (Å²) in [6, 6.07) is 14.3. The molecular weight excluding hydrogens is 372 g/mol. The number of aryl methyl sites for hydroxylation is 3. The molecule has 1 aromatic heterocycles. The second-order valence-electron chi connectivity index (χ2n) is 6.86. The van der Waals surface area contributed by atoms with Gasteiger partial charge < -0.3 is 4.57 Å². The van der Waals surface area contributed by atoms with Crippen molar-refractivity contribution in [3.8, 4) is 0 Å². The van der Waals surface area contributed by atoms with Gasteiger partial charge in [-0.25, -0.2) is 0 Å². The number of rotatable bonds is 2. The third kappa shape index (κ3) is 2.91. The predicted octanol–water partition coefficient (Wildman–Crippen LogP) is 5.51. The molecule has 0 saturated carbocycles. The monoisotopic (exact) mass is 392 g/mol. The molecule has 1 aliphatic heterocycles. The van der Waals surface area contributed by atoms with E-state index in [1.165, 1.54) is 17.3 Å². The fourth-order valence-corrected chi connectivity index (χ4v) is 4.70. The lowest BCUT2D eigenvalue weighted by atomic mass is 10.1. The largest absolute Gasteiger partial charge is 0.347 e. The van der Waals surface area contributed by atoms with Crippen LogP contribution in [0.2, 0.25) is 0 Å². The molecule has 1 saturated heterocycles. The zero-order valence-corrected chi connectivity index (χ0v) is 17.4. The van der Waals surface area contributed by atoms with E-state index in [-0.39, 0.29) is 5.91 Å². The third-order valence-corrected chi connectivity index (χ3v) is 6.57. The van der Waals surface area contributed by atoms with Gasteiger partial charge in [0.1, 0.15) is 0 Å². The van der Waals surface area contributed by atoms with Gasteiger partial charge in [0.15, 0.2) is 4.32 Å². The van der Waals surface area contributed by atoms with E-state index in [1.807, 2.05) is 43.3 Å². The molecule has 1 fully saturated rings. The highest BCUT2D eigenvalue weighted by Gasteiger charge is 2.33. The van der Waals surface area contributed by atoms with Gasteiger partial charge in [0.25, 0.3) is 5.91 Å². The van der Waals surface area contributed by atoms with Crippen molar-refractivity contribution in [2.45, 2.75) is 20.8 Å². The Morgan fingerprint density at radius 1 is 1.04 bits per heavy atom. The highest BCUT2D eigenvalue weighted by Crippen LogP contribution is 2.38. The van der Waals surface area contributed by atoms with E-state index >= 15 is 0 Å². The van der Waals surface area contributed by atoms with Crippen LogP contribution in [0, 0.1) is 20.8 Å². The molecule has 0 radical (unpaired) electrons. The number of anilines is 1. The van der Waals surface area contributed by atoms with Gasteiger partial charge in [-0.2, -0.15) is 0 Å². The first-order valence-electron chi connectivity index (χ1n) is 8.77. The van der Waals surface area contributed by atoms with E-state index in [9.17, 15) is 4.79 Å². The molecule has 27 heavy (non-hydrogen) atoms. The standard InChI is InChI=1S/C22H20N2OS2/c1-13-9-10-16(11-14(13)2)24-21(25)20(27-22(24)26)12-18-15(3)23(4)19-8-6-5-7-17(18)19/h5-12H,1-4H3/b20-12-. The van der Waals surface area contributed by atoms with Gasteiger partial charge in [-0.15, -0.1) is 0 Å². The quantitative estimate of drug-likeness (QED) is 0.425. The van der Waals surface area contributed by atoms with Crippen LogP contribution < -0.4 is 4.90 Å². The fourth-order valence-electron chi connectivity index (χ4n) is 3.42. The second kappa shape index (κ2) is 6.66. The number of benzene rings is 2. The van der Waals surface area contributed by atoms with E-state index in [0.717, 1.165) is 33.4 Å². The molecule has 4 rings (SSSR count). The smallest absolute Gasteiger partial charge is 0.270 e. The van der Waals surface area contributed by atoms with E-state index in [0.29, 0.717) is 9.23 Å². The number of nitrogens with zero attached hydrogens (tertiary/aromatic N) is 2. The van der Waals surface area contributed by atoms with E-state index < -0.39 is 0 Å². The summed E-state index contributed by atoms with van der Waals surface area (Å²) >= 11 is 6.89. The molecule has 0 aliphatic carbocycles.